The standard InChI is InChI=1S/C28H36O3/c1-20-15-16-22(19-24(20)31-18-10-14-25(29)30)26(21-11-7-6-8-12-21)23-13-9-17-27(2,3)28(23,4)5/h6-8,11-12,15-16,19H,9-10,13-14,17-18H2,1-5H3,(H,29,30). The van der Waals surface area contributed by atoms with E-state index in [2.05, 4.69) is 76.2 Å². The molecule has 2 aromatic rings. The summed E-state index contributed by atoms with van der Waals surface area (Å²) < 4.78 is 6.01. The first kappa shape index (κ1) is 23.1. The minimum Gasteiger partial charge on any atom is -0.493 e. The summed E-state index contributed by atoms with van der Waals surface area (Å²) in [5, 5.41) is 8.88. The highest BCUT2D eigenvalue weighted by molar-refractivity contribution is 5.83. The Morgan fingerprint density at radius 1 is 1.03 bits per heavy atom. The van der Waals surface area contributed by atoms with Gasteiger partial charge in [0, 0.05) is 6.42 Å². The lowest BCUT2D eigenvalue weighted by Gasteiger charge is -2.49. The van der Waals surface area contributed by atoms with Gasteiger partial charge in [-0.3, -0.25) is 4.79 Å². The minimum absolute atomic E-state index is 0.0732. The van der Waals surface area contributed by atoms with Crippen LogP contribution in [-0.2, 0) is 4.79 Å². The predicted molar refractivity (Wildman–Crippen MR) is 127 cm³/mol. The van der Waals surface area contributed by atoms with Crippen LogP contribution in [0.4, 0.5) is 0 Å². The van der Waals surface area contributed by atoms with Gasteiger partial charge in [-0.1, -0.05) is 75.7 Å². The number of hydrogen-bond donors (Lipinski definition) is 1. The molecule has 0 atom stereocenters. The number of carbonyl (C=O) groups is 1. The number of hydrogen-bond acceptors (Lipinski definition) is 2. The van der Waals surface area contributed by atoms with E-state index in [-0.39, 0.29) is 17.3 Å². The second-order valence-electron chi connectivity index (χ2n) is 9.91. The lowest BCUT2D eigenvalue weighted by atomic mass is 9.56. The van der Waals surface area contributed by atoms with Crippen molar-refractivity contribution >= 4 is 11.5 Å². The van der Waals surface area contributed by atoms with E-state index in [0.29, 0.717) is 13.0 Å². The summed E-state index contributed by atoms with van der Waals surface area (Å²) in [5.41, 5.74) is 6.60. The number of allylic oxidation sites excluding steroid dienone is 1. The summed E-state index contributed by atoms with van der Waals surface area (Å²) >= 11 is 0. The first-order valence-corrected chi connectivity index (χ1v) is 11.4. The molecule has 1 aliphatic carbocycles. The van der Waals surface area contributed by atoms with Crippen molar-refractivity contribution in [2.75, 3.05) is 6.61 Å². The fraction of sp³-hybridized carbons (Fsp3) is 0.464. The van der Waals surface area contributed by atoms with Gasteiger partial charge >= 0.3 is 5.97 Å². The van der Waals surface area contributed by atoms with Gasteiger partial charge in [-0.15, -0.1) is 0 Å². The zero-order valence-electron chi connectivity index (χ0n) is 19.6. The normalized spacial score (nSPS) is 19.0. The third-order valence-electron chi connectivity index (χ3n) is 7.31. The van der Waals surface area contributed by atoms with Crippen molar-refractivity contribution in [2.24, 2.45) is 10.8 Å². The van der Waals surface area contributed by atoms with Crippen molar-refractivity contribution in [1.29, 1.82) is 0 Å². The third-order valence-corrected chi connectivity index (χ3v) is 7.31. The molecule has 3 rings (SSSR count). The van der Waals surface area contributed by atoms with E-state index < -0.39 is 5.97 Å². The zero-order valence-corrected chi connectivity index (χ0v) is 19.6. The Hall–Kier alpha value is -2.55. The first-order chi connectivity index (χ1) is 14.6. The highest BCUT2D eigenvalue weighted by atomic mass is 16.5. The van der Waals surface area contributed by atoms with Gasteiger partial charge in [0.2, 0.25) is 0 Å². The van der Waals surface area contributed by atoms with E-state index in [1.807, 2.05) is 6.92 Å². The first-order valence-electron chi connectivity index (χ1n) is 11.4. The van der Waals surface area contributed by atoms with Crippen molar-refractivity contribution < 1.29 is 14.6 Å². The lowest BCUT2D eigenvalue weighted by molar-refractivity contribution is -0.137. The van der Waals surface area contributed by atoms with Crippen LogP contribution < -0.4 is 4.74 Å². The summed E-state index contributed by atoms with van der Waals surface area (Å²) in [7, 11) is 0. The largest absolute Gasteiger partial charge is 0.493 e. The maximum absolute atomic E-state index is 10.8. The average molecular weight is 421 g/mol. The van der Waals surface area contributed by atoms with E-state index in [4.69, 9.17) is 9.84 Å². The Morgan fingerprint density at radius 3 is 2.42 bits per heavy atom. The van der Waals surface area contributed by atoms with Gasteiger partial charge in [-0.2, -0.15) is 0 Å². The lowest BCUT2D eigenvalue weighted by Crippen LogP contribution is -2.38. The SMILES string of the molecule is Cc1ccc(C(=C2CCCC(C)(C)C2(C)C)c2ccccc2)cc1OCCCC(=O)O. The molecule has 0 bridgehead atoms. The maximum Gasteiger partial charge on any atom is 0.303 e. The van der Waals surface area contributed by atoms with Gasteiger partial charge < -0.3 is 9.84 Å². The van der Waals surface area contributed by atoms with Gasteiger partial charge in [-0.25, -0.2) is 0 Å². The molecule has 0 spiro atoms. The molecule has 1 fully saturated rings. The quantitative estimate of drug-likeness (QED) is 0.479. The smallest absolute Gasteiger partial charge is 0.303 e. The van der Waals surface area contributed by atoms with Crippen LogP contribution in [0.1, 0.15) is 76.5 Å². The molecular weight excluding hydrogens is 384 g/mol. The van der Waals surface area contributed by atoms with Crippen LogP contribution in [0.3, 0.4) is 0 Å². The molecule has 166 valence electrons. The third kappa shape index (κ3) is 5.03. The molecule has 1 saturated carbocycles. The molecule has 2 aromatic carbocycles. The summed E-state index contributed by atoms with van der Waals surface area (Å²) in [6.45, 7) is 12.0. The van der Waals surface area contributed by atoms with Gasteiger partial charge in [0.25, 0.3) is 0 Å². The summed E-state index contributed by atoms with van der Waals surface area (Å²) in [6.07, 6.45) is 4.17. The molecule has 0 aliphatic heterocycles. The van der Waals surface area contributed by atoms with Crippen molar-refractivity contribution in [3.8, 4) is 5.75 Å². The van der Waals surface area contributed by atoms with Crippen LogP contribution in [0.25, 0.3) is 5.57 Å². The molecule has 0 heterocycles. The minimum atomic E-state index is -0.785. The van der Waals surface area contributed by atoms with Crippen LogP contribution in [-0.4, -0.2) is 17.7 Å². The average Bonchev–Trinajstić information content (AvgIpc) is 2.71. The second-order valence-corrected chi connectivity index (χ2v) is 9.91. The van der Waals surface area contributed by atoms with Crippen LogP contribution in [0.5, 0.6) is 5.75 Å². The molecule has 1 N–H and O–H groups in total. The zero-order chi connectivity index (χ0) is 22.6. The Labute approximate surface area is 187 Å². The van der Waals surface area contributed by atoms with Gasteiger partial charge in [0.05, 0.1) is 6.61 Å². The van der Waals surface area contributed by atoms with E-state index in [1.165, 1.54) is 35.1 Å². The van der Waals surface area contributed by atoms with Crippen molar-refractivity contribution in [3.05, 3.63) is 70.8 Å². The van der Waals surface area contributed by atoms with Crippen LogP contribution in [0.15, 0.2) is 54.1 Å². The van der Waals surface area contributed by atoms with E-state index >= 15 is 0 Å². The highest BCUT2D eigenvalue weighted by Gasteiger charge is 2.43. The molecule has 0 saturated heterocycles. The maximum atomic E-state index is 10.8. The summed E-state index contributed by atoms with van der Waals surface area (Å²) in [5.74, 6) is 0.0529. The van der Waals surface area contributed by atoms with E-state index in [1.54, 1.807) is 0 Å². The van der Waals surface area contributed by atoms with Gasteiger partial charge in [0.1, 0.15) is 5.75 Å². The number of carboxylic acids is 1. The fourth-order valence-corrected chi connectivity index (χ4v) is 4.61. The molecular formula is C28H36O3. The number of aryl methyl sites for hydroxylation is 1. The van der Waals surface area contributed by atoms with Gasteiger partial charge in [-0.05, 0) is 71.8 Å². The van der Waals surface area contributed by atoms with Crippen molar-refractivity contribution in [1.82, 2.24) is 0 Å². The molecule has 0 amide bonds. The molecule has 0 unspecified atom stereocenters. The topological polar surface area (TPSA) is 46.5 Å². The molecule has 31 heavy (non-hydrogen) atoms. The Morgan fingerprint density at radius 2 is 1.74 bits per heavy atom. The summed E-state index contributed by atoms with van der Waals surface area (Å²) in [4.78, 5) is 10.8. The molecule has 0 radical (unpaired) electrons. The number of benzene rings is 2. The number of carboxylic acid groups (broad SMARTS) is 1. The second kappa shape index (κ2) is 9.30. The predicted octanol–water partition coefficient (Wildman–Crippen LogP) is 7.28. The monoisotopic (exact) mass is 420 g/mol. The number of aliphatic carboxylic acids is 1. The van der Waals surface area contributed by atoms with Crippen molar-refractivity contribution in [3.63, 3.8) is 0 Å². The fourth-order valence-electron chi connectivity index (χ4n) is 4.61. The number of ether oxygens (including phenoxy) is 1. The van der Waals surface area contributed by atoms with Crippen molar-refractivity contribution in [2.45, 2.75) is 66.7 Å². The van der Waals surface area contributed by atoms with E-state index in [0.717, 1.165) is 17.7 Å². The van der Waals surface area contributed by atoms with Crippen LogP contribution in [0, 0.1) is 17.8 Å². The Bertz CT molecular complexity index is 951. The molecule has 3 heteroatoms. The molecule has 3 nitrogen and oxygen atoms in total. The summed E-state index contributed by atoms with van der Waals surface area (Å²) in [6, 6.07) is 17.1. The molecule has 0 aromatic heterocycles. The van der Waals surface area contributed by atoms with Gasteiger partial charge in [0.15, 0.2) is 0 Å². The number of rotatable bonds is 7. The Balaban J connectivity index is 2.08. The Kier molecular flexibility index (Phi) is 6.93. The highest BCUT2D eigenvalue weighted by Crippen LogP contribution is 2.55. The van der Waals surface area contributed by atoms with E-state index in [9.17, 15) is 4.79 Å². The molecule has 1 aliphatic rings. The van der Waals surface area contributed by atoms with Crippen LogP contribution >= 0.6 is 0 Å². The van der Waals surface area contributed by atoms with Crippen LogP contribution in [0.2, 0.25) is 0 Å².